The fourth-order valence-electron chi connectivity index (χ4n) is 7.11. The smallest absolute Gasteiger partial charge is 0.238 e. The number of benzene rings is 1. The molecule has 4 bridgehead atoms. The summed E-state index contributed by atoms with van der Waals surface area (Å²) in [6.07, 6.45) is 9.95. The average molecular weight is 435 g/mol. The monoisotopic (exact) mass is 434 g/mol. The van der Waals surface area contributed by atoms with Crippen molar-refractivity contribution in [2.75, 3.05) is 9.80 Å². The number of allylic oxidation sites excluding steroid dienone is 4. The summed E-state index contributed by atoms with van der Waals surface area (Å²) in [6.45, 7) is 0. The fourth-order valence-corrected chi connectivity index (χ4v) is 7.37. The third-order valence-electron chi connectivity index (χ3n) is 8.37. The molecule has 7 rings (SSSR count). The minimum atomic E-state index is -0.303. The summed E-state index contributed by atoms with van der Waals surface area (Å²) in [6, 6.07) is 4.74. The van der Waals surface area contributed by atoms with E-state index in [-0.39, 0.29) is 76.0 Å². The summed E-state index contributed by atoms with van der Waals surface area (Å²) in [5, 5.41) is 0.193. The molecule has 2 saturated heterocycles. The van der Waals surface area contributed by atoms with E-state index in [1.54, 1.807) is 12.1 Å². The van der Waals surface area contributed by atoms with Crippen LogP contribution in [0.5, 0.6) is 0 Å². The fraction of sp³-hybridized carbons (Fsp3) is 0.417. The van der Waals surface area contributed by atoms with Gasteiger partial charge in [-0.25, -0.2) is 9.80 Å². The second kappa shape index (κ2) is 5.74. The molecule has 6 aliphatic rings. The maximum atomic E-state index is 13.1. The van der Waals surface area contributed by atoms with E-state index in [0.717, 1.165) is 12.8 Å². The van der Waals surface area contributed by atoms with Gasteiger partial charge in [0.25, 0.3) is 0 Å². The molecule has 0 aromatic heterocycles. The number of halogens is 1. The third kappa shape index (κ3) is 2.05. The Balaban J connectivity index is 1.22. The van der Waals surface area contributed by atoms with Gasteiger partial charge >= 0.3 is 0 Å². The molecule has 1 aromatic rings. The Morgan fingerprint density at radius 1 is 0.645 bits per heavy atom. The van der Waals surface area contributed by atoms with Gasteiger partial charge in [-0.05, 0) is 54.7 Å². The Morgan fingerprint density at radius 3 is 1.48 bits per heavy atom. The summed E-state index contributed by atoms with van der Waals surface area (Å²) in [5.41, 5.74) is 0.730. The number of imide groups is 2. The number of anilines is 2. The number of nitrogens with zero attached hydrogens (tertiary/aromatic N) is 2. The van der Waals surface area contributed by atoms with Crippen molar-refractivity contribution in [1.82, 2.24) is 0 Å². The van der Waals surface area contributed by atoms with Gasteiger partial charge in [0.1, 0.15) is 0 Å². The van der Waals surface area contributed by atoms with Crippen LogP contribution < -0.4 is 9.80 Å². The van der Waals surface area contributed by atoms with E-state index < -0.39 is 0 Å². The molecule has 4 fully saturated rings. The topological polar surface area (TPSA) is 74.8 Å². The van der Waals surface area contributed by atoms with Crippen LogP contribution in [0.2, 0.25) is 5.02 Å². The molecule has 156 valence electrons. The van der Waals surface area contributed by atoms with Crippen molar-refractivity contribution in [3.63, 3.8) is 0 Å². The van der Waals surface area contributed by atoms with Crippen LogP contribution in [-0.4, -0.2) is 23.6 Å². The molecular weight excluding hydrogens is 416 g/mol. The second-order valence-electron chi connectivity index (χ2n) is 9.66. The Labute approximate surface area is 183 Å². The molecule has 8 atom stereocenters. The molecule has 1 aromatic carbocycles. The Hall–Kier alpha value is -2.73. The molecule has 0 radical (unpaired) electrons. The highest BCUT2D eigenvalue weighted by atomic mass is 35.5. The zero-order valence-electron chi connectivity index (χ0n) is 16.5. The Bertz CT molecular complexity index is 1110. The van der Waals surface area contributed by atoms with Crippen molar-refractivity contribution >= 4 is 46.6 Å². The van der Waals surface area contributed by atoms with Crippen LogP contribution in [0.15, 0.2) is 42.5 Å². The molecule has 0 unspecified atom stereocenters. The molecule has 6 nitrogen and oxygen atoms in total. The zero-order chi connectivity index (χ0) is 21.2. The number of amides is 4. The molecule has 4 amide bonds. The molecule has 2 aliphatic heterocycles. The molecule has 7 heteroatoms. The predicted octanol–water partition coefficient (Wildman–Crippen LogP) is 2.96. The van der Waals surface area contributed by atoms with Gasteiger partial charge in [-0.1, -0.05) is 35.9 Å². The lowest BCUT2D eigenvalue weighted by atomic mass is 9.85. The van der Waals surface area contributed by atoms with Gasteiger partial charge in [0.2, 0.25) is 23.6 Å². The van der Waals surface area contributed by atoms with Crippen LogP contribution >= 0.6 is 11.6 Å². The molecule has 4 aliphatic carbocycles. The van der Waals surface area contributed by atoms with Crippen LogP contribution in [0, 0.1) is 47.3 Å². The number of fused-ring (bicyclic) bond motifs is 10. The molecule has 2 saturated carbocycles. The summed E-state index contributed by atoms with van der Waals surface area (Å²) in [7, 11) is 0. The third-order valence-corrected chi connectivity index (χ3v) is 8.67. The van der Waals surface area contributed by atoms with Crippen molar-refractivity contribution < 1.29 is 19.2 Å². The highest BCUT2D eigenvalue weighted by molar-refractivity contribution is 6.37. The van der Waals surface area contributed by atoms with Crippen molar-refractivity contribution in [2.24, 2.45) is 47.3 Å². The van der Waals surface area contributed by atoms with Gasteiger partial charge in [0, 0.05) is 0 Å². The highest BCUT2D eigenvalue weighted by Gasteiger charge is 2.61. The van der Waals surface area contributed by atoms with E-state index in [1.165, 1.54) is 15.9 Å². The number of rotatable bonds is 2. The van der Waals surface area contributed by atoms with Crippen molar-refractivity contribution in [2.45, 2.75) is 12.8 Å². The molecule has 0 spiro atoms. The first kappa shape index (κ1) is 17.9. The summed E-state index contributed by atoms with van der Waals surface area (Å²) >= 11 is 6.53. The normalized spacial score (nSPS) is 41.3. The first-order valence-corrected chi connectivity index (χ1v) is 11.3. The lowest BCUT2D eigenvalue weighted by Crippen LogP contribution is -2.34. The van der Waals surface area contributed by atoms with Gasteiger partial charge in [-0.2, -0.15) is 0 Å². The van der Waals surface area contributed by atoms with Crippen LogP contribution in [0.1, 0.15) is 12.8 Å². The average Bonchev–Trinajstić information content (AvgIpc) is 3.56. The van der Waals surface area contributed by atoms with E-state index in [2.05, 4.69) is 24.3 Å². The number of hydrogen-bond donors (Lipinski definition) is 0. The Morgan fingerprint density at radius 2 is 1.06 bits per heavy atom. The minimum Gasteiger partial charge on any atom is -0.274 e. The van der Waals surface area contributed by atoms with Crippen LogP contribution in [0.3, 0.4) is 0 Å². The second-order valence-corrected chi connectivity index (χ2v) is 10.1. The van der Waals surface area contributed by atoms with E-state index >= 15 is 0 Å². The van der Waals surface area contributed by atoms with Crippen molar-refractivity contribution in [1.29, 1.82) is 0 Å². The van der Waals surface area contributed by atoms with Gasteiger partial charge in [0.15, 0.2) is 0 Å². The zero-order valence-corrected chi connectivity index (χ0v) is 17.2. The summed E-state index contributed by atoms with van der Waals surface area (Å²) in [5.74, 6) is -1.43. The lowest BCUT2D eigenvalue weighted by molar-refractivity contribution is -0.124. The maximum Gasteiger partial charge on any atom is 0.238 e. The lowest BCUT2D eigenvalue weighted by Gasteiger charge is -2.21. The SMILES string of the molecule is O=C1[C@H]2[C@H](C(=O)N1c1ccc(N3C(=O)[C@@H]4[C@H](C3=O)[C@H]3C=C[C@H]4C3)c(Cl)c1)[C@H]1C=C[C@H]2C1. The summed E-state index contributed by atoms with van der Waals surface area (Å²) < 4.78 is 0. The quantitative estimate of drug-likeness (QED) is 0.530. The van der Waals surface area contributed by atoms with Gasteiger partial charge in [0.05, 0.1) is 40.1 Å². The number of hydrogen-bond acceptors (Lipinski definition) is 4. The molecular formula is C24H19ClN2O4. The maximum absolute atomic E-state index is 13.1. The van der Waals surface area contributed by atoms with E-state index in [4.69, 9.17) is 11.6 Å². The van der Waals surface area contributed by atoms with E-state index in [9.17, 15) is 19.2 Å². The van der Waals surface area contributed by atoms with Crippen LogP contribution in [-0.2, 0) is 19.2 Å². The van der Waals surface area contributed by atoms with Gasteiger partial charge in [-0.15, -0.1) is 0 Å². The Kier molecular flexibility index (Phi) is 3.31. The number of carbonyl (C=O) groups excluding carboxylic acids is 4. The molecule has 31 heavy (non-hydrogen) atoms. The minimum absolute atomic E-state index is 0.123. The first-order chi connectivity index (χ1) is 15.0. The highest BCUT2D eigenvalue weighted by Crippen LogP contribution is 2.55. The molecule has 0 N–H and O–H groups in total. The standard InChI is InChI=1S/C24H19ClN2O4/c25-15-9-14(26-21(28)17-10-1-2-11(7-10)18(17)22(26)29)5-6-16(15)27-23(30)19-12-3-4-13(8-12)20(19)24(27)31/h1-6,9-13,17-20H,7-8H2/t10-,11-,12-,13-,17+,18+,19-,20+/m0/s1. The summed E-state index contributed by atoms with van der Waals surface area (Å²) in [4.78, 5) is 54.7. The van der Waals surface area contributed by atoms with Crippen LogP contribution in [0.4, 0.5) is 11.4 Å². The van der Waals surface area contributed by atoms with Gasteiger partial charge in [-0.3, -0.25) is 19.2 Å². The van der Waals surface area contributed by atoms with Crippen molar-refractivity contribution in [3.8, 4) is 0 Å². The molecule has 2 heterocycles. The largest absolute Gasteiger partial charge is 0.274 e. The van der Waals surface area contributed by atoms with E-state index in [0.29, 0.717) is 11.4 Å². The predicted molar refractivity (Wildman–Crippen MR) is 112 cm³/mol. The first-order valence-electron chi connectivity index (χ1n) is 10.9. The van der Waals surface area contributed by atoms with Gasteiger partial charge < -0.3 is 0 Å². The number of carbonyl (C=O) groups is 4. The van der Waals surface area contributed by atoms with Crippen LogP contribution in [0.25, 0.3) is 0 Å². The van der Waals surface area contributed by atoms with Crippen molar-refractivity contribution in [3.05, 3.63) is 47.5 Å². The van der Waals surface area contributed by atoms with E-state index in [1.807, 2.05) is 0 Å².